The molecule has 1 fully saturated rings. The quantitative estimate of drug-likeness (QED) is 0.444. The Bertz CT molecular complexity index is 1200. The van der Waals surface area contributed by atoms with Crippen molar-refractivity contribution in [3.8, 4) is 17.1 Å². The molecule has 2 N–H and O–H groups in total. The van der Waals surface area contributed by atoms with E-state index in [1.54, 1.807) is 55.9 Å². The lowest BCUT2D eigenvalue weighted by Gasteiger charge is -2.19. The summed E-state index contributed by atoms with van der Waals surface area (Å²) in [7, 11) is 1.58. The van der Waals surface area contributed by atoms with Crippen molar-refractivity contribution in [3.63, 3.8) is 0 Å². The van der Waals surface area contributed by atoms with Crippen LogP contribution in [-0.4, -0.2) is 49.6 Å². The van der Waals surface area contributed by atoms with Crippen molar-refractivity contribution in [3.05, 3.63) is 72.3 Å². The van der Waals surface area contributed by atoms with Crippen molar-refractivity contribution in [2.75, 3.05) is 19.0 Å². The molecule has 1 aliphatic rings. The van der Waals surface area contributed by atoms with E-state index in [2.05, 4.69) is 35.3 Å². The van der Waals surface area contributed by atoms with Gasteiger partial charge in [-0.15, -0.1) is 0 Å². The molecule has 1 saturated heterocycles. The highest BCUT2D eigenvalue weighted by molar-refractivity contribution is 6.03. The van der Waals surface area contributed by atoms with Gasteiger partial charge in [-0.25, -0.2) is 9.97 Å². The highest BCUT2D eigenvalue weighted by atomic mass is 16.5. The molecule has 10 nitrogen and oxygen atoms in total. The predicted octanol–water partition coefficient (Wildman–Crippen LogP) is 3.45. The van der Waals surface area contributed by atoms with Crippen LogP contribution in [0.2, 0.25) is 0 Å². The van der Waals surface area contributed by atoms with Crippen molar-refractivity contribution >= 4 is 11.7 Å². The number of nitrogens with zero attached hydrogens (tertiary/aromatic N) is 5. The van der Waals surface area contributed by atoms with Gasteiger partial charge in [0.05, 0.1) is 19.7 Å². The number of amides is 1. The number of hydrogen-bond acceptors (Lipinski definition) is 8. The lowest BCUT2D eigenvalue weighted by atomic mass is 10.2. The molecular formula is C23H23N7O3. The minimum absolute atomic E-state index is 0.0624. The van der Waals surface area contributed by atoms with E-state index in [1.165, 1.54) is 0 Å². The maximum absolute atomic E-state index is 12.4. The standard InChI is InChI=1S/C23H23N7O3/c1-32-17-7-4-15(5-8-17)22(31)27-19-9-6-16(13-26-19)21-28-23(33-29-21)18-3-2-12-30(18)14-20-24-10-11-25-20/h4-11,13,18H,2-3,12,14H2,1H3,(H,24,25)(H,26,27,31)/t18-/m0/s1. The van der Waals surface area contributed by atoms with Gasteiger partial charge in [0, 0.05) is 29.7 Å². The van der Waals surface area contributed by atoms with Gasteiger partial charge in [0.25, 0.3) is 5.91 Å². The minimum atomic E-state index is -0.252. The minimum Gasteiger partial charge on any atom is -0.497 e. The largest absolute Gasteiger partial charge is 0.497 e. The van der Waals surface area contributed by atoms with Crippen LogP contribution in [0.1, 0.15) is 41.0 Å². The number of aromatic amines is 1. The summed E-state index contributed by atoms with van der Waals surface area (Å²) < 4.78 is 10.7. The summed E-state index contributed by atoms with van der Waals surface area (Å²) >= 11 is 0. The van der Waals surface area contributed by atoms with E-state index < -0.39 is 0 Å². The number of rotatable bonds is 7. The first-order valence-electron chi connectivity index (χ1n) is 10.7. The molecule has 0 spiro atoms. The molecule has 168 valence electrons. The van der Waals surface area contributed by atoms with Crippen LogP contribution in [0.5, 0.6) is 5.75 Å². The van der Waals surface area contributed by atoms with Crippen LogP contribution in [0.15, 0.2) is 59.5 Å². The van der Waals surface area contributed by atoms with E-state index >= 15 is 0 Å². The summed E-state index contributed by atoms with van der Waals surface area (Å²) in [6.07, 6.45) is 7.21. The van der Waals surface area contributed by atoms with Crippen molar-refractivity contribution in [2.45, 2.75) is 25.4 Å². The lowest BCUT2D eigenvalue weighted by molar-refractivity contribution is 0.102. The van der Waals surface area contributed by atoms with Crippen LogP contribution in [0.25, 0.3) is 11.4 Å². The molecule has 0 radical (unpaired) electrons. The number of carbonyl (C=O) groups excluding carboxylic acids is 1. The molecule has 0 saturated carbocycles. The Morgan fingerprint density at radius 3 is 2.85 bits per heavy atom. The monoisotopic (exact) mass is 445 g/mol. The van der Waals surface area contributed by atoms with Crippen LogP contribution in [0, 0.1) is 0 Å². The molecule has 4 heterocycles. The summed E-state index contributed by atoms with van der Waals surface area (Å²) in [5, 5.41) is 6.92. The third kappa shape index (κ3) is 4.60. The molecule has 33 heavy (non-hydrogen) atoms. The van der Waals surface area contributed by atoms with Crippen LogP contribution < -0.4 is 10.1 Å². The number of carbonyl (C=O) groups is 1. The van der Waals surface area contributed by atoms with Crippen LogP contribution in [0.4, 0.5) is 5.82 Å². The zero-order valence-corrected chi connectivity index (χ0v) is 18.1. The second-order valence-corrected chi connectivity index (χ2v) is 7.74. The molecular weight excluding hydrogens is 422 g/mol. The van der Waals surface area contributed by atoms with E-state index in [0.717, 1.165) is 25.2 Å². The van der Waals surface area contributed by atoms with Crippen LogP contribution in [0.3, 0.4) is 0 Å². The summed E-state index contributed by atoms with van der Waals surface area (Å²) in [6, 6.07) is 10.4. The fraction of sp³-hybridized carbons (Fsp3) is 0.261. The molecule has 1 aromatic carbocycles. The molecule has 4 aromatic rings. The van der Waals surface area contributed by atoms with E-state index in [9.17, 15) is 4.79 Å². The number of methoxy groups -OCH3 is 1. The molecule has 0 unspecified atom stereocenters. The van der Waals surface area contributed by atoms with Gasteiger partial charge in [-0.3, -0.25) is 9.69 Å². The first-order chi connectivity index (χ1) is 16.2. The van der Waals surface area contributed by atoms with E-state index in [4.69, 9.17) is 9.26 Å². The van der Waals surface area contributed by atoms with Crippen LogP contribution in [-0.2, 0) is 6.54 Å². The highest BCUT2D eigenvalue weighted by Gasteiger charge is 2.31. The number of benzene rings is 1. The Balaban J connectivity index is 1.24. The topological polar surface area (TPSA) is 122 Å². The average Bonchev–Trinajstić information content (AvgIpc) is 3.62. The Morgan fingerprint density at radius 1 is 1.24 bits per heavy atom. The van der Waals surface area contributed by atoms with Crippen molar-refractivity contribution in [1.29, 1.82) is 0 Å². The van der Waals surface area contributed by atoms with Gasteiger partial charge in [-0.1, -0.05) is 5.16 Å². The maximum Gasteiger partial charge on any atom is 0.256 e. The summed E-state index contributed by atoms with van der Waals surface area (Å²) in [4.78, 5) is 31.1. The SMILES string of the molecule is COc1ccc(C(=O)Nc2ccc(-c3noc([C@@H]4CCCN4Cc4ncc[nH]4)n3)cn2)cc1. The number of hydrogen-bond donors (Lipinski definition) is 2. The van der Waals surface area contributed by atoms with Gasteiger partial charge in [0.1, 0.15) is 17.4 Å². The molecule has 5 rings (SSSR count). The number of nitrogens with one attached hydrogen (secondary N) is 2. The summed E-state index contributed by atoms with van der Waals surface area (Å²) in [6.45, 7) is 1.66. The number of aromatic nitrogens is 5. The van der Waals surface area contributed by atoms with Crippen molar-refractivity contribution in [1.82, 2.24) is 30.0 Å². The second kappa shape index (κ2) is 9.21. The zero-order chi connectivity index (χ0) is 22.6. The van der Waals surface area contributed by atoms with Crippen molar-refractivity contribution < 1.29 is 14.1 Å². The van der Waals surface area contributed by atoms with Gasteiger partial charge in [-0.05, 0) is 55.8 Å². The van der Waals surface area contributed by atoms with E-state index in [-0.39, 0.29) is 11.9 Å². The Kier molecular flexibility index (Phi) is 5.81. The van der Waals surface area contributed by atoms with E-state index in [0.29, 0.717) is 41.0 Å². The number of anilines is 1. The Morgan fingerprint density at radius 2 is 2.12 bits per heavy atom. The third-order valence-electron chi connectivity index (χ3n) is 5.61. The molecule has 10 heteroatoms. The smallest absolute Gasteiger partial charge is 0.256 e. The summed E-state index contributed by atoms with van der Waals surface area (Å²) in [5.41, 5.74) is 1.23. The Labute approximate surface area is 190 Å². The third-order valence-corrected chi connectivity index (χ3v) is 5.61. The molecule has 1 amide bonds. The van der Waals surface area contributed by atoms with Gasteiger partial charge >= 0.3 is 0 Å². The number of likely N-dealkylation sites (tertiary alicyclic amines) is 1. The fourth-order valence-corrected chi connectivity index (χ4v) is 3.89. The average molecular weight is 445 g/mol. The van der Waals surface area contributed by atoms with Gasteiger partial charge in [-0.2, -0.15) is 4.98 Å². The molecule has 0 aliphatic carbocycles. The molecule has 3 aromatic heterocycles. The predicted molar refractivity (Wildman–Crippen MR) is 119 cm³/mol. The van der Waals surface area contributed by atoms with Gasteiger partial charge in [0.2, 0.25) is 11.7 Å². The maximum atomic E-state index is 12.4. The second-order valence-electron chi connectivity index (χ2n) is 7.74. The Hall–Kier alpha value is -4.05. The zero-order valence-electron chi connectivity index (χ0n) is 18.1. The first kappa shape index (κ1) is 20.8. The van der Waals surface area contributed by atoms with Crippen molar-refractivity contribution in [2.24, 2.45) is 0 Å². The molecule has 1 atom stereocenters. The fourth-order valence-electron chi connectivity index (χ4n) is 3.89. The lowest BCUT2D eigenvalue weighted by Crippen LogP contribution is -2.23. The molecule has 1 aliphatic heterocycles. The number of pyridine rings is 1. The summed E-state index contributed by atoms with van der Waals surface area (Å²) in [5.74, 6) is 2.84. The van der Waals surface area contributed by atoms with Crippen LogP contribution >= 0.6 is 0 Å². The van der Waals surface area contributed by atoms with E-state index in [1.807, 2.05) is 6.20 Å². The normalized spacial score (nSPS) is 16.1. The highest BCUT2D eigenvalue weighted by Crippen LogP contribution is 2.32. The molecule has 0 bridgehead atoms. The first-order valence-corrected chi connectivity index (χ1v) is 10.7. The number of H-pyrrole nitrogens is 1. The number of ether oxygens (including phenoxy) is 1. The van der Waals surface area contributed by atoms with Gasteiger partial charge < -0.3 is 19.6 Å². The van der Waals surface area contributed by atoms with Gasteiger partial charge in [0.15, 0.2) is 0 Å². The number of imidazole rings is 1.